The minimum Gasteiger partial charge on any atom is -0.484 e. The number of carbonyl (C=O) groups is 1. The third kappa shape index (κ3) is 5.34. The number of hydrazone groups is 1. The molecular formula is C32H26N4O6. The molecule has 0 radical (unpaired) electrons. The maximum Gasteiger partial charge on any atom is 0.281 e. The summed E-state index contributed by atoms with van der Waals surface area (Å²) in [5.41, 5.74) is 3.27. The molecular weight excluding hydrogens is 536 g/mol. The van der Waals surface area contributed by atoms with E-state index in [4.69, 9.17) is 9.84 Å². The molecule has 42 heavy (non-hydrogen) atoms. The monoisotopic (exact) mass is 562 g/mol. The number of rotatable bonds is 7. The SMILES string of the molecule is O=C(COc1ccc2ccccc2c1)N1N=C2/C(=C\c3ccc([N+](=O)[O-])cc3)CCC[C@@H]2[C@@H]1c1ccc([N+](=O)[O-])cc1. The summed E-state index contributed by atoms with van der Waals surface area (Å²) in [6.45, 7) is -0.229. The second-order valence-electron chi connectivity index (χ2n) is 10.3. The van der Waals surface area contributed by atoms with E-state index in [1.54, 1.807) is 24.3 Å². The molecule has 210 valence electrons. The highest BCUT2D eigenvalue weighted by Gasteiger charge is 2.44. The quantitative estimate of drug-likeness (QED) is 0.179. The number of amides is 1. The van der Waals surface area contributed by atoms with Crippen molar-refractivity contribution < 1.29 is 19.4 Å². The molecule has 4 aromatic rings. The van der Waals surface area contributed by atoms with Crippen molar-refractivity contribution in [1.29, 1.82) is 0 Å². The zero-order chi connectivity index (χ0) is 29.2. The molecule has 2 atom stereocenters. The lowest BCUT2D eigenvalue weighted by Gasteiger charge is -2.29. The number of hydrogen-bond donors (Lipinski definition) is 0. The van der Waals surface area contributed by atoms with Crippen molar-refractivity contribution in [3.05, 3.63) is 128 Å². The molecule has 0 aromatic heterocycles. The lowest BCUT2D eigenvalue weighted by atomic mass is 9.77. The van der Waals surface area contributed by atoms with Gasteiger partial charge in [0.15, 0.2) is 6.61 Å². The van der Waals surface area contributed by atoms with Crippen LogP contribution in [0, 0.1) is 26.1 Å². The minimum absolute atomic E-state index is 0.0123. The van der Waals surface area contributed by atoms with E-state index in [9.17, 15) is 25.0 Å². The fourth-order valence-electron chi connectivity index (χ4n) is 5.70. The molecule has 10 nitrogen and oxygen atoms in total. The Morgan fingerprint density at radius 3 is 2.26 bits per heavy atom. The van der Waals surface area contributed by atoms with Gasteiger partial charge in [0, 0.05) is 30.2 Å². The molecule has 6 rings (SSSR count). The van der Waals surface area contributed by atoms with Crippen molar-refractivity contribution in [2.24, 2.45) is 11.0 Å². The van der Waals surface area contributed by atoms with Gasteiger partial charge >= 0.3 is 0 Å². The molecule has 0 N–H and O–H groups in total. The van der Waals surface area contributed by atoms with Gasteiger partial charge in [-0.3, -0.25) is 25.0 Å². The summed E-state index contributed by atoms with van der Waals surface area (Å²) in [4.78, 5) is 35.1. The van der Waals surface area contributed by atoms with E-state index in [1.165, 1.54) is 29.3 Å². The Morgan fingerprint density at radius 2 is 1.57 bits per heavy atom. The van der Waals surface area contributed by atoms with Crippen LogP contribution in [0.5, 0.6) is 5.75 Å². The van der Waals surface area contributed by atoms with Crippen LogP contribution in [0.4, 0.5) is 11.4 Å². The van der Waals surface area contributed by atoms with Crippen molar-refractivity contribution in [3.8, 4) is 5.75 Å². The maximum absolute atomic E-state index is 13.7. The van der Waals surface area contributed by atoms with Crippen LogP contribution >= 0.6 is 0 Å². The number of hydrogen-bond acceptors (Lipinski definition) is 7. The zero-order valence-electron chi connectivity index (χ0n) is 22.5. The highest BCUT2D eigenvalue weighted by Crippen LogP contribution is 2.44. The molecule has 0 saturated heterocycles. The standard InChI is InChI=1S/C32H26N4O6/c37-30(20-42-28-17-12-22-4-1-2-5-24(22)19-28)34-32(23-10-15-27(16-11-23)36(40)41)29-7-3-6-25(31(29)33-34)18-21-8-13-26(14-9-21)35(38)39/h1-2,4-5,8-19,29,32H,3,6-7,20H2/b25-18-/t29-,32-/m0/s1. The molecule has 1 aliphatic carbocycles. The molecule has 1 heterocycles. The Hall–Kier alpha value is -5.38. The third-order valence-electron chi connectivity index (χ3n) is 7.73. The third-order valence-corrected chi connectivity index (χ3v) is 7.73. The number of ether oxygens (including phenoxy) is 1. The lowest BCUT2D eigenvalue weighted by molar-refractivity contribution is -0.385. The Labute approximate surface area is 240 Å². The number of carbonyl (C=O) groups excluding carboxylic acids is 1. The van der Waals surface area contributed by atoms with Gasteiger partial charge in [0.1, 0.15) is 5.75 Å². The number of non-ortho nitro benzene ring substituents is 2. The molecule has 4 aromatic carbocycles. The second kappa shape index (κ2) is 11.2. The first-order chi connectivity index (χ1) is 20.4. The first-order valence-corrected chi connectivity index (χ1v) is 13.6. The van der Waals surface area contributed by atoms with Gasteiger partial charge in [0.25, 0.3) is 17.3 Å². The molecule has 2 aliphatic rings. The molecule has 1 aliphatic heterocycles. The predicted octanol–water partition coefficient (Wildman–Crippen LogP) is 6.86. The number of allylic oxidation sites excluding steroid dienone is 1. The largest absolute Gasteiger partial charge is 0.484 e. The zero-order valence-corrected chi connectivity index (χ0v) is 22.5. The van der Waals surface area contributed by atoms with Crippen molar-refractivity contribution in [1.82, 2.24) is 5.01 Å². The normalized spacial score (nSPS) is 18.9. The van der Waals surface area contributed by atoms with E-state index >= 15 is 0 Å². The van der Waals surface area contributed by atoms with Gasteiger partial charge in [-0.25, -0.2) is 5.01 Å². The summed E-state index contributed by atoms with van der Waals surface area (Å²) in [7, 11) is 0. The first-order valence-electron chi connectivity index (χ1n) is 13.6. The van der Waals surface area contributed by atoms with E-state index in [1.807, 2.05) is 48.5 Å². The summed E-state index contributed by atoms with van der Waals surface area (Å²) >= 11 is 0. The van der Waals surface area contributed by atoms with E-state index in [0.29, 0.717) is 5.75 Å². The van der Waals surface area contributed by atoms with Gasteiger partial charge in [-0.1, -0.05) is 42.5 Å². The van der Waals surface area contributed by atoms with E-state index in [0.717, 1.165) is 52.4 Å². The molecule has 1 saturated carbocycles. The van der Waals surface area contributed by atoms with Crippen LogP contribution in [0.3, 0.4) is 0 Å². The fraction of sp³-hybridized carbons (Fsp3) is 0.188. The van der Waals surface area contributed by atoms with Crippen LogP contribution in [-0.4, -0.2) is 33.1 Å². The number of nitrogens with zero attached hydrogens (tertiary/aromatic N) is 4. The molecule has 0 unspecified atom stereocenters. The van der Waals surface area contributed by atoms with Crippen LogP contribution < -0.4 is 4.74 Å². The average Bonchev–Trinajstić information content (AvgIpc) is 3.41. The molecule has 0 spiro atoms. The smallest absolute Gasteiger partial charge is 0.281 e. The van der Waals surface area contributed by atoms with Crippen LogP contribution in [0.1, 0.15) is 36.4 Å². The Morgan fingerprint density at radius 1 is 0.905 bits per heavy atom. The Bertz CT molecular complexity index is 1750. The minimum atomic E-state index is -0.452. The van der Waals surface area contributed by atoms with E-state index < -0.39 is 15.9 Å². The average molecular weight is 563 g/mol. The number of nitro groups is 2. The van der Waals surface area contributed by atoms with Crippen molar-refractivity contribution in [2.75, 3.05) is 6.61 Å². The Kier molecular flexibility index (Phi) is 7.18. The first kappa shape index (κ1) is 26.8. The molecule has 10 heteroatoms. The van der Waals surface area contributed by atoms with Crippen LogP contribution in [0.25, 0.3) is 16.8 Å². The molecule has 1 amide bonds. The number of benzene rings is 4. The topological polar surface area (TPSA) is 128 Å². The van der Waals surface area contributed by atoms with Crippen LogP contribution in [0.2, 0.25) is 0 Å². The van der Waals surface area contributed by atoms with Gasteiger partial charge in [-0.05, 0) is 77.1 Å². The van der Waals surface area contributed by atoms with Crippen LogP contribution in [-0.2, 0) is 4.79 Å². The van der Waals surface area contributed by atoms with Crippen LogP contribution in [0.15, 0.2) is 102 Å². The van der Waals surface area contributed by atoms with Gasteiger partial charge < -0.3 is 4.74 Å². The summed E-state index contributed by atoms with van der Waals surface area (Å²) in [5.74, 6) is 0.120. The summed E-state index contributed by atoms with van der Waals surface area (Å²) < 4.78 is 5.91. The number of nitro benzene ring substituents is 2. The van der Waals surface area contributed by atoms with Gasteiger partial charge in [-0.2, -0.15) is 5.10 Å². The highest BCUT2D eigenvalue weighted by atomic mass is 16.6. The molecule has 1 fully saturated rings. The highest BCUT2D eigenvalue weighted by molar-refractivity contribution is 6.08. The van der Waals surface area contributed by atoms with Crippen molar-refractivity contribution in [3.63, 3.8) is 0 Å². The van der Waals surface area contributed by atoms with E-state index in [2.05, 4.69) is 0 Å². The summed E-state index contributed by atoms with van der Waals surface area (Å²) in [6, 6.07) is 25.6. The van der Waals surface area contributed by atoms with Crippen molar-refractivity contribution in [2.45, 2.75) is 25.3 Å². The number of fused-ring (bicyclic) bond motifs is 2. The van der Waals surface area contributed by atoms with Gasteiger partial charge in [0.05, 0.1) is 21.6 Å². The maximum atomic E-state index is 13.7. The van der Waals surface area contributed by atoms with E-state index in [-0.39, 0.29) is 29.8 Å². The summed E-state index contributed by atoms with van der Waals surface area (Å²) in [6.07, 6.45) is 4.35. The Balaban J connectivity index is 1.31. The lowest BCUT2D eigenvalue weighted by Crippen LogP contribution is -2.34. The predicted molar refractivity (Wildman–Crippen MR) is 158 cm³/mol. The van der Waals surface area contributed by atoms with Gasteiger partial charge in [-0.15, -0.1) is 0 Å². The fourth-order valence-corrected chi connectivity index (χ4v) is 5.70. The van der Waals surface area contributed by atoms with Gasteiger partial charge in [0.2, 0.25) is 0 Å². The summed E-state index contributed by atoms with van der Waals surface area (Å²) in [5, 5.41) is 30.7. The van der Waals surface area contributed by atoms with Crippen molar-refractivity contribution >= 4 is 39.8 Å². The second-order valence-corrected chi connectivity index (χ2v) is 10.3. The molecule has 0 bridgehead atoms.